The average molecular weight is 167 g/mol. The van der Waals surface area contributed by atoms with Gasteiger partial charge in [0.2, 0.25) is 11.8 Å². The van der Waals surface area contributed by atoms with Crippen molar-refractivity contribution in [3.8, 4) is 0 Å². The van der Waals surface area contributed by atoms with Crippen LogP contribution in [0.5, 0.6) is 0 Å². The molecular formula is C6H5N3O3. The van der Waals surface area contributed by atoms with E-state index in [1.165, 1.54) is 17.5 Å². The molecule has 1 fully saturated rings. The van der Waals surface area contributed by atoms with Crippen LogP contribution in [0.3, 0.4) is 0 Å². The van der Waals surface area contributed by atoms with E-state index in [4.69, 9.17) is 4.42 Å². The zero-order chi connectivity index (χ0) is 8.55. The second-order valence-electron chi connectivity index (χ2n) is 2.28. The SMILES string of the molecule is O=C1CN(c2cnco2)C(=O)N1. The van der Waals surface area contributed by atoms with E-state index in [2.05, 4.69) is 10.3 Å². The summed E-state index contributed by atoms with van der Waals surface area (Å²) in [6, 6.07) is -0.475. The predicted molar refractivity (Wildman–Crippen MR) is 37.4 cm³/mol. The third-order valence-corrected chi connectivity index (χ3v) is 1.48. The van der Waals surface area contributed by atoms with Crippen molar-refractivity contribution in [2.45, 2.75) is 0 Å². The number of nitrogens with zero attached hydrogens (tertiary/aromatic N) is 2. The molecule has 1 aliphatic heterocycles. The molecule has 0 radical (unpaired) electrons. The van der Waals surface area contributed by atoms with E-state index in [1.54, 1.807) is 0 Å². The standard InChI is InChI=1S/C6H5N3O3/c10-4-2-9(6(11)8-4)5-1-7-3-12-5/h1,3H,2H2,(H,8,10,11). The second kappa shape index (κ2) is 2.33. The van der Waals surface area contributed by atoms with Gasteiger partial charge in [-0.1, -0.05) is 0 Å². The molecule has 1 N–H and O–H groups in total. The number of aromatic nitrogens is 1. The van der Waals surface area contributed by atoms with Crippen molar-refractivity contribution in [2.75, 3.05) is 11.4 Å². The lowest BCUT2D eigenvalue weighted by atomic mass is 10.6. The Kier molecular flexibility index (Phi) is 1.33. The van der Waals surface area contributed by atoms with E-state index >= 15 is 0 Å². The highest BCUT2D eigenvalue weighted by Crippen LogP contribution is 2.14. The van der Waals surface area contributed by atoms with E-state index in [-0.39, 0.29) is 18.3 Å². The van der Waals surface area contributed by atoms with Gasteiger partial charge in [-0.05, 0) is 0 Å². The van der Waals surface area contributed by atoms with Gasteiger partial charge in [0.05, 0.1) is 6.20 Å². The third kappa shape index (κ3) is 0.931. The number of hydrogen-bond acceptors (Lipinski definition) is 4. The van der Waals surface area contributed by atoms with Gasteiger partial charge in [0, 0.05) is 0 Å². The molecule has 6 nitrogen and oxygen atoms in total. The van der Waals surface area contributed by atoms with Crippen molar-refractivity contribution < 1.29 is 14.0 Å². The highest BCUT2D eigenvalue weighted by atomic mass is 16.4. The first-order chi connectivity index (χ1) is 5.77. The fourth-order valence-electron chi connectivity index (χ4n) is 0.962. The molecule has 0 bridgehead atoms. The van der Waals surface area contributed by atoms with Crippen LogP contribution in [0, 0.1) is 0 Å². The molecule has 1 aromatic rings. The van der Waals surface area contributed by atoms with Crippen LogP contribution in [0.4, 0.5) is 10.7 Å². The van der Waals surface area contributed by atoms with Crippen molar-refractivity contribution in [1.29, 1.82) is 0 Å². The minimum absolute atomic E-state index is 0.00593. The fraction of sp³-hybridized carbons (Fsp3) is 0.167. The van der Waals surface area contributed by atoms with Gasteiger partial charge in [0.1, 0.15) is 6.54 Å². The molecular weight excluding hydrogens is 162 g/mol. The summed E-state index contributed by atoms with van der Waals surface area (Å²) in [5, 5.41) is 2.12. The molecule has 0 aliphatic carbocycles. The van der Waals surface area contributed by atoms with Gasteiger partial charge in [0.15, 0.2) is 6.39 Å². The third-order valence-electron chi connectivity index (χ3n) is 1.48. The van der Waals surface area contributed by atoms with Crippen LogP contribution in [0.1, 0.15) is 0 Å². The van der Waals surface area contributed by atoms with Gasteiger partial charge in [-0.2, -0.15) is 0 Å². The lowest BCUT2D eigenvalue weighted by molar-refractivity contribution is -0.117. The minimum atomic E-state index is -0.475. The first-order valence-corrected chi connectivity index (χ1v) is 3.27. The molecule has 0 aromatic carbocycles. The van der Waals surface area contributed by atoms with Gasteiger partial charge in [-0.15, -0.1) is 0 Å². The Hall–Kier alpha value is -1.85. The first kappa shape index (κ1) is 6.84. The molecule has 1 aromatic heterocycles. The number of carbonyl (C=O) groups is 2. The van der Waals surface area contributed by atoms with E-state index in [9.17, 15) is 9.59 Å². The number of anilines is 1. The zero-order valence-corrected chi connectivity index (χ0v) is 5.98. The first-order valence-electron chi connectivity index (χ1n) is 3.27. The van der Waals surface area contributed by atoms with E-state index in [1.807, 2.05) is 0 Å². The number of imide groups is 1. The molecule has 0 saturated carbocycles. The Balaban J connectivity index is 2.26. The molecule has 0 atom stereocenters. The van der Waals surface area contributed by atoms with Crippen molar-refractivity contribution in [3.05, 3.63) is 12.6 Å². The molecule has 2 heterocycles. The van der Waals surface area contributed by atoms with Gasteiger partial charge in [0.25, 0.3) is 0 Å². The number of amides is 3. The van der Waals surface area contributed by atoms with Crippen molar-refractivity contribution >= 4 is 17.8 Å². The molecule has 6 heteroatoms. The highest BCUT2D eigenvalue weighted by molar-refractivity contribution is 6.11. The maximum Gasteiger partial charge on any atom is 0.331 e. The largest absolute Gasteiger partial charge is 0.427 e. The normalized spacial score (nSPS) is 16.8. The molecule has 0 unspecified atom stereocenters. The number of urea groups is 1. The molecule has 12 heavy (non-hydrogen) atoms. The second-order valence-corrected chi connectivity index (χ2v) is 2.28. The van der Waals surface area contributed by atoms with Gasteiger partial charge >= 0.3 is 6.03 Å². The Bertz CT molecular complexity index is 319. The summed E-state index contributed by atoms with van der Waals surface area (Å²) in [6.07, 6.45) is 2.57. The Morgan fingerprint density at radius 1 is 1.58 bits per heavy atom. The molecule has 2 rings (SSSR count). The van der Waals surface area contributed by atoms with Crippen LogP contribution in [-0.2, 0) is 4.79 Å². The average Bonchev–Trinajstić information content (AvgIpc) is 2.58. The van der Waals surface area contributed by atoms with Crippen molar-refractivity contribution in [3.63, 3.8) is 0 Å². The molecule has 1 aliphatic rings. The lowest BCUT2D eigenvalue weighted by Crippen LogP contribution is -2.27. The minimum Gasteiger partial charge on any atom is -0.427 e. The zero-order valence-electron chi connectivity index (χ0n) is 5.98. The summed E-state index contributed by atoms with van der Waals surface area (Å²) >= 11 is 0. The van der Waals surface area contributed by atoms with Crippen molar-refractivity contribution in [1.82, 2.24) is 10.3 Å². The quantitative estimate of drug-likeness (QED) is 0.584. The molecule has 0 spiro atoms. The summed E-state index contributed by atoms with van der Waals surface area (Å²) < 4.78 is 4.84. The summed E-state index contributed by atoms with van der Waals surface area (Å²) in [7, 11) is 0. The summed E-state index contributed by atoms with van der Waals surface area (Å²) in [6.45, 7) is -0.00593. The van der Waals surface area contributed by atoms with Gasteiger partial charge in [-0.25, -0.2) is 9.78 Å². The smallest absolute Gasteiger partial charge is 0.331 e. The van der Waals surface area contributed by atoms with Crippen LogP contribution in [0.2, 0.25) is 0 Å². The maximum atomic E-state index is 11.0. The van der Waals surface area contributed by atoms with Crippen LogP contribution < -0.4 is 10.2 Å². The molecule has 3 amide bonds. The van der Waals surface area contributed by atoms with Crippen LogP contribution in [0.15, 0.2) is 17.0 Å². The number of carbonyl (C=O) groups excluding carboxylic acids is 2. The Morgan fingerprint density at radius 3 is 2.92 bits per heavy atom. The van der Waals surface area contributed by atoms with Crippen LogP contribution in [-0.4, -0.2) is 23.5 Å². The number of hydrogen-bond donors (Lipinski definition) is 1. The van der Waals surface area contributed by atoms with Crippen LogP contribution in [0.25, 0.3) is 0 Å². The summed E-state index contributed by atoms with van der Waals surface area (Å²) in [4.78, 5) is 26.5. The topological polar surface area (TPSA) is 75.4 Å². The summed E-state index contributed by atoms with van der Waals surface area (Å²) in [5.74, 6) is -0.0604. The predicted octanol–water partition coefficient (Wildman–Crippen LogP) is -0.269. The monoisotopic (exact) mass is 167 g/mol. The fourth-order valence-corrected chi connectivity index (χ4v) is 0.962. The lowest BCUT2D eigenvalue weighted by Gasteiger charge is -2.06. The van der Waals surface area contributed by atoms with E-state index in [0.717, 1.165) is 0 Å². The molecule has 62 valence electrons. The molecule has 1 saturated heterocycles. The van der Waals surface area contributed by atoms with Crippen molar-refractivity contribution in [2.24, 2.45) is 0 Å². The number of nitrogens with one attached hydrogen (secondary N) is 1. The summed E-state index contributed by atoms with van der Waals surface area (Å²) in [5.41, 5.74) is 0. The van der Waals surface area contributed by atoms with Gasteiger partial charge in [-0.3, -0.25) is 15.0 Å². The number of oxazole rings is 1. The maximum absolute atomic E-state index is 11.0. The highest BCUT2D eigenvalue weighted by Gasteiger charge is 2.29. The van der Waals surface area contributed by atoms with E-state index < -0.39 is 6.03 Å². The van der Waals surface area contributed by atoms with Gasteiger partial charge < -0.3 is 4.42 Å². The van der Waals surface area contributed by atoms with E-state index in [0.29, 0.717) is 0 Å². The Morgan fingerprint density at radius 2 is 2.42 bits per heavy atom. The number of rotatable bonds is 1. The Labute approximate surface area is 67.2 Å². The van der Waals surface area contributed by atoms with Crippen LogP contribution >= 0.6 is 0 Å².